The molecule has 100 valence electrons. The predicted octanol–water partition coefficient (Wildman–Crippen LogP) is 2.32. The first-order valence-corrected chi connectivity index (χ1v) is 7.07. The highest BCUT2D eigenvalue weighted by Crippen LogP contribution is 2.28. The molecule has 1 fully saturated rings. The largest absolute Gasteiger partial charge is 0.355 e. The molecule has 0 bridgehead atoms. The normalized spacial score (nSPS) is 25.6. The number of carbonyl (C=O) groups excluding carboxylic acids is 1. The maximum absolute atomic E-state index is 10.7. The van der Waals surface area contributed by atoms with Gasteiger partial charge in [0.1, 0.15) is 0 Å². The fraction of sp³-hybridized carbons (Fsp3) is 0.929. The summed E-state index contributed by atoms with van der Waals surface area (Å²) in [6, 6.07) is 0.660. The molecule has 0 aromatic carbocycles. The van der Waals surface area contributed by atoms with E-state index in [2.05, 4.69) is 24.5 Å². The summed E-state index contributed by atoms with van der Waals surface area (Å²) in [7, 11) is 0. The molecule has 0 aromatic rings. The van der Waals surface area contributed by atoms with Crippen molar-refractivity contribution < 1.29 is 4.79 Å². The third-order valence-electron chi connectivity index (χ3n) is 3.89. The SMILES string of the molecule is CC(=O)NCCNC1CCCC(C(C)C)CC1. The Labute approximate surface area is 106 Å². The van der Waals surface area contributed by atoms with Gasteiger partial charge in [0, 0.05) is 26.1 Å². The Bertz CT molecular complexity index is 228. The van der Waals surface area contributed by atoms with E-state index in [9.17, 15) is 4.79 Å². The predicted molar refractivity (Wildman–Crippen MR) is 71.9 cm³/mol. The third-order valence-corrected chi connectivity index (χ3v) is 3.89. The summed E-state index contributed by atoms with van der Waals surface area (Å²) in [5.74, 6) is 1.80. The van der Waals surface area contributed by atoms with E-state index in [0.717, 1.165) is 24.9 Å². The minimum atomic E-state index is 0.0625. The lowest BCUT2D eigenvalue weighted by Gasteiger charge is -2.19. The molecule has 1 amide bonds. The van der Waals surface area contributed by atoms with E-state index in [-0.39, 0.29) is 5.91 Å². The molecule has 0 saturated heterocycles. The zero-order chi connectivity index (χ0) is 12.7. The Kier molecular flexibility index (Phi) is 6.56. The van der Waals surface area contributed by atoms with E-state index in [1.54, 1.807) is 6.92 Å². The lowest BCUT2D eigenvalue weighted by Crippen LogP contribution is -2.36. The maximum Gasteiger partial charge on any atom is 0.216 e. The summed E-state index contributed by atoms with van der Waals surface area (Å²) in [6.07, 6.45) is 6.68. The highest BCUT2D eigenvalue weighted by Gasteiger charge is 2.20. The summed E-state index contributed by atoms with van der Waals surface area (Å²) >= 11 is 0. The Hall–Kier alpha value is -0.570. The van der Waals surface area contributed by atoms with Gasteiger partial charge in [0.2, 0.25) is 5.91 Å². The number of rotatable bonds is 5. The zero-order valence-electron chi connectivity index (χ0n) is 11.6. The van der Waals surface area contributed by atoms with E-state index in [1.807, 2.05) is 0 Å². The van der Waals surface area contributed by atoms with Crippen molar-refractivity contribution in [2.45, 2.75) is 58.9 Å². The lowest BCUT2D eigenvalue weighted by atomic mass is 9.89. The van der Waals surface area contributed by atoms with Crippen molar-refractivity contribution in [3.8, 4) is 0 Å². The Morgan fingerprint density at radius 1 is 1.18 bits per heavy atom. The van der Waals surface area contributed by atoms with Gasteiger partial charge in [-0.25, -0.2) is 0 Å². The van der Waals surface area contributed by atoms with E-state index in [4.69, 9.17) is 0 Å². The fourth-order valence-electron chi connectivity index (χ4n) is 2.72. The highest BCUT2D eigenvalue weighted by atomic mass is 16.1. The second-order valence-corrected chi connectivity index (χ2v) is 5.65. The van der Waals surface area contributed by atoms with Crippen LogP contribution in [0.5, 0.6) is 0 Å². The zero-order valence-corrected chi connectivity index (χ0v) is 11.6. The quantitative estimate of drug-likeness (QED) is 0.572. The van der Waals surface area contributed by atoms with Gasteiger partial charge in [-0.3, -0.25) is 4.79 Å². The number of carbonyl (C=O) groups is 1. The minimum absolute atomic E-state index is 0.0625. The monoisotopic (exact) mass is 240 g/mol. The van der Waals surface area contributed by atoms with Crippen LogP contribution in [0.3, 0.4) is 0 Å². The highest BCUT2D eigenvalue weighted by molar-refractivity contribution is 5.72. The van der Waals surface area contributed by atoms with Crippen LogP contribution >= 0.6 is 0 Å². The van der Waals surface area contributed by atoms with Crippen molar-refractivity contribution >= 4 is 5.91 Å². The van der Waals surface area contributed by atoms with Crippen LogP contribution in [0.15, 0.2) is 0 Å². The molecule has 2 N–H and O–H groups in total. The summed E-state index contributed by atoms with van der Waals surface area (Å²) in [5, 5.41) is 6.39. The average molecular weight is 240 g/mol. The second kappa shape index (κ2) is 7.70. The van der Waals surface area contributed by atoms with Gasteiger partial charge in [0.15, 0.2) is 0 Å². The van der Waals surface area contributed by atoms with Gasteiger partial charge >= 0.3 is 0 Å². The summed E-state index contributed by atoms with van der Waals surface area (Å²) < 4.78 is 0. The van der Waals surface area contributed by atoms with E-state index >= 15 is 0 Å². The topological polar surface area (TPSA) is 41.1 Å². The van der Waals surface area contributed by atoms with Crippen LogP contribution in [0, 0.1) is 11.8 Å². The molecular formula is C14H28N2O. The molecule has 0 heterocycles. The van der Waals surface area contributed by atoms with Gasteiger partial charge in [-0.05, 0) is 31.1 Å². The molecule has 1 rings (SSSR count). The second-order valence-electron chi connectivity index (χ2n) is 5.65. The van der Waals surface area contributed by atoms with Gasteiger partial charge < -0.3 is 10.6 Å². The van der Waals surface area contributed by atoms with Crippen molar-refractivity contribution in [3.63, 3.8) is 0 Å². The van der Waals surface area contributed by atoms with Crippen LogP contribution in [-0.2, 0) is 4.79 Å². The van der Waals surface area contributed by atoms with Crippen LogP contribution in [0.4, 0.5) is 0 Å². The first-order valence-electron chi connectivity index (χ1n) is 7.07. The van der Waals surface area contributed by atoms with Crippen LogP contribution in [0.2, 0.25) is 0 Å². The Morgan fingerprint density at radius 3 is 2.59 bits per heavy atom. The standard InChI is InChI=1S/C14H28N2O/c1-11(2)13-5-4-6-14(8-7-13)16-10-9-15-12(3)17/h11,13-14,16H,4-10H2,1-3H3,(H,15,17). The molecule has 0 aromatic heterocycles. The molecule has 2 unspecified atom stereocenters. The van der Waals surface area contributed by atoms with Crippen LogP contribution < -0.4 is 10.6 Å². The number of hydrogen-bond acceptors (Lipinski definition) is 2. The molecule has 1 aliphatic carbocycles. The third kappa shape index (κ3) is 6.06. The lowest BCUT2D eigenvalue weighted by molar-refractivity contribution is -0.118. The molecule has 3 heteroatoms. The fourth-order valence-corrected chi connectivity index (χ4v) is 2.72. The van der Waals surface area contributed by atoms with Gasteiger partial charge in [0.05, 0.1) is 0 Å². The summed E-state index contributed by atoms with van der Waals surface area (Å²) in [5.41, 5.74) is 0. The number of hydrogen-bond donors (Lipinski definition) is 2. The molecule has 3 nitrogen and oxygen atoms in total. The van der Waals surface area contributed by atoms with E-state index in [0.29, 0.717) is 6.04 Å². The smallest absolute Gasteiger partial charge is 0.216 e. The van der Waals surface area contributed by atoms with E-state index in [1.165, 1.54) is 32.1 Å². The van der Waals surface area contributed by atoms with Gasteiger partial charge in [-0.2, -0.15) is 0 Å². The molecular weight excluding hydrogens is 212 g/mol. The molecule has 0 aliphatic heterocycles. The van der Waals surface area contributed by atoms with Crippen molar-refractivity contribution in [3.05, 3.63) is 0 Å². The van der Waals surface area contributed by atoms with Crippen molar-refractivity contribution in [2.75, 3.05) is 13.1 Å². The summed E-state index contributed by atoms with van der Waals surface area (Å²) in [4.78, 5) is 10.7. The van der Waals surface area contributed by atoms with Crippen molar-refractivity contribution in [2.24, 2.45) is 11.8 Å². The van der Waals surface area contributed by atoms with Gasteiger partial charge in [0.25, 0.3) is 0 Å². The molecule has 0 radical (unpaired) electrons. The minimum Gasteiger partial charge on any atom is -0.355 e. The molecule has 1 aliphatic rings. The van der Waals surface area contributed by atoms with Gasteiger partial charge in [-0.15, -0.1) is 0 Å². The van der Waals surface area contributed by atoms with Crippen molar-refractivity contribution in [1.29, 1.82) is 0 Å². The van der Waals surface area contributed by atoms with Crippen LogP contribution in [0.1, 0.15) is 52.9 Å². The number of amides is 1. The van der Waals surface area contributed by atoms with Crippen molar-refractivity contribution in [1.82, 2.24) is 10.6 Å². The average Bonchev–Trinajstić information content (AvgIpc) is 2.49. The summed E-state index contributed by atoms with van der Waals surface area (Å²) in [6.45, 7) is 7.90. The molecule has 17 heavy (non-hydrogen) atoms. The van der Waals surface area contributed by atoms with E-state index < -0.39 is 0 Å². The van der Waals surface area contributed by atoms with Gasteiger partial charge in [-0.1, -0.05) is 26.7 Å². The molecule has 0 spiro atoms. The maximum atomic E-state index is 10.7. The molecule has 1 saturated carbocycles. The molecule has 2 atom stereocenters. The van der Waals surface area contributed by atoms with Crippen LogP contribution in [-0.4, -0.2) is 25.0 Å². The number of nitrogens with one attached hydrogen (secondary N) is 2. The van der Waals surface area contributed by atoms with Crippen LogP contribution in [0.25, 0.3) is 0 Å². The Balaban J connectivity index is 2.16. The first-order chi connectivity index (χ1) is 8.09. The first kappa shape index (κ1) is 14.5. The Morgan fingerprint density at radius 2 is 1.94 bits per heavy atom.